The third-order valence-corrected chi connectivity index (χ3v) is 5.06. The Labute approximate surface area is 124 Å². The molecule has 1 fully saturated rings. The van der Waals surface area contributed by atoms with E-state index in [0.29, 0.717) is 19.0 Å². The minimum absolute atomic E-state index is 0.0586. The highest BCUT2D eigenvalue weighted by Crippen LogP contribution is 2.18. The number of nitrogens with zero attached hydrogens (tertiary/aromatic N) is 1. The lowest BCUT2D eigenvalue weighted by atomic mass is 9.95. The number of aliphatic hydroxyl groups is 1. The number of rotatable bonds is 5. The summed E-state index contributed by atoms with van der Waals surface area (Å²) in [6.07, 6.45) is 1.52. The molecule has 5 heteroatoms. The van der Waals surface area contributed by atoms with Crippen molar-refractivity contribution in [2.45, 2.75) is 38.8 Å². The van der Waals surface area contributed by atoms with Gasteiger partial charge in [0, 0.05) is 18.0 Å². The van der Waals surface area contributed by atoms with Gasteiger partial charge in [0.1, 0.15) is 0 Å². The van der Waals surface area contributed by atoms with Crippen LogP contribution in [0, 0.1) is 5.92 Å². The van der Waals surface area contributed by atoms with Crippen molar-refractivity contribution in [1.82, 2.24) is 10.2 Å². The van der Waals surface area contributed by atoms with Crippen LogP contribution in [0.2, 0.25) is 0 Å². The molecule has 2 N–H and O–H groups in total. The van der Waals surface area contributed by atoms with Gasteiger partial charge < -0.3 is 10.4 Å². The van der Waals surface area contributed by atoms with Gasteiger partial charge in [-0.2, -0.15) is 0 Å². The third-order valence-electron chi connectivity index (χ3n) is 4.13. The average molecular weight is 296 g/mol. The maximum atomic E-state index is 12.1. The van der Waals surface area contributed by atoms with E-state index < -0.39 is 0 Å². The van der Waals surface area contributed by atoms with Crippen molar-refractivity contribution in [3.8, 4) is 0 Å². The molecule has 112 valence electrons. The summed E-state index contributed by atoms with van der Waals surface area (Å²) in [5.74, 6) is 0.392. The summed E-state index contributed by atoms with van der Waals surface area (Å²) in [5, 5.41) is 14.9. The lowest BCUT2D eigenvalue weighted by Gasteiger charge is -2.37. The van der Waals surface area contributed by atoms with E-state index in [0.717, 1.165) is 19.4 Å². The molecule has 1 aliphatic rings. The molecule has 0 radical (unpaired) electrons. The minimum Gasteiger partial charge on any atom is -0.392 e. The molecule has 0 aliphatic carbocycles. The number of aliphatic hydroxyl groups excluding tert-OH is 1. The van der Waals surface area contributed by atoms with Gasteiger partial charge in [0.05, 0.1) is 12.1 Å². The lowest BCUT2D eigenvalue weighted by Crippen LogP contribution is -2.52. The summed E-state index contributed by atoms with van der Waals surface area (Å²) in [7, 11) is 0. The van der Waals surface area contributed by atoms with E-state index in [1.807, 2.05) is 13.0 Å². The van der Waals surface area contributed by atoms with Crippen LogP contribution in [0.1, 0.15) is 25.1 Å². The minimum atomic E-state index is -0.315. The van der Waals surface area contributed by atoms with Gasteiger partial charge in [0.25, 0.3) is 0 Å². The number of amides is 1. The molecule has 1 amide bonds. The second-order valence-corrected chi connectivity index (χ2v) is 6.66. The Morgan fingerprint density at radius 2 is 2.45 bits per heavy atom. The van der Waals surface area contributed by atoms with Gasteiger partial charge in [-0.15, -0.1) is 11.3 Å². The quantitative estimate of drug-likeness (QED) is 0.866. The molecule has 4 nitrogen and oxygen atoms in total. The standard InChI is InChI=1S/C15H24N2O2S/c1-11-6-8-17(10-14(11)18)12(2)15(19)16-7-5-13-4-3-9-20-13/h3-4,9,11-12,14,18H,5-8,10H2,1-2H3,(H,16,19). The first-order valence-corrected chi connectivity index (χ1v) is 8.18. The van der Waals surface area contributed by atoms with Crippen LogP contribution >= 0.6 is 11.3 Å². The summed E-state index contributed by atoms with van der Waals surface area (Å²) in [4.78, 5) is 15.5. The van der Waals surface area contributed by atoms with Crippen LogP contribution in [0.25, 0.3) is 0 Å². The average Bonchev–Trinajstić information content (AvgIpc) is 2.94. The Morgan fingerprint density at radius 3 is 3.10 bits per heavy atom. The summed E-state index contributed by atoms with van der Waals surface area (Å²) in [6.45, 7) is 6.14. The number of piperidine rings is 1. The van der Waals surface area contributed by atoms with E-state index in [2.05, 4.69) is 28.6 Å². The zero-order chi connectivity index (χ0) is 14.5. The first kappa shape index (κ1) is 15.5. The highest BCUT2D eigenvalue weighted by molar-refractivity contribution is 7.09. The van der Waals surface area contributed by atoms with Gasteiger partial charge in [-0.25, -0.2) is 0 Å². The van der Waals surface area contributed by atoms with Gasteiger partial charge >= 0.3 is 0 Å². The summed E-state index contributed by atoms with van der Waals surface area (Å²) in [5.41, 5.74) is 0. The molecule has 0 saturated carbocycles. The molecule has 0 aromatic carbocycles. The van der Waals surface area contributed by atoms with E-state index in [4.69, 9.17) is 0 Å². The smallest absolute Gasteiger partial charge is 0.237 e. The maximum Gasteiger partial charge on any atom is 0.237 e. The SMILES string of the molecule is CC1CCN(C(C)C(=O)NCCc2cccs2)CC1O. The van der Waals surface area contributed by atoms with E-state index >= 15 is 0 Å². The van der Waals surface area contributed by atoms with Crippen molar-refractivity contribution in [3.63, 3.8) is 0 Å². The van der Waals surface area contributed by atoms with E-state index in [1.165, 1.54) is 4.88 Å². The van der Waals surface area contributed by atoms with Crippen molar-refractivity contribution in [2.24, 2.45) is 5.92 Å². The number of hydrogen-bond acceptors (Lipinski definition) is 4. The van der Waals surface area contributed by atoms with Gasteiger partial charge in [0.2, 0.25) is 5.91 Å². The highest BCUT2D eigenvalue weighted by Gasteiger charge is 2.29. The van der Waals surface area contributed by atoms with Crippen LogP contribution in [0.4, 0.5) is 0 Å². The first-order chi connectivity index (χ1) is 9.58. The molecule has 20 heavy (non-hydrogen) atoms. The van der Waals surface area contributed by atoms with Crippen LogP contribution in [0.3, 0.4) is 0 Å². The molecule has 2 rings (SSSR count). The van der Waals surface area contributed by atoms with Gasteiger partial charge in [0.15, 0.2) is 0 Å². The van der Waals surface area contributed by atoms with Crippen molar-refractivity contribution in [1.29, 1.82) is 0 Å². The van der Waals surface area contributed by atoms with Crippen LogP contribution in [-0.4, -0.2) is 47.7 Å². The lowest BCUT2D eigenvalue weighted by molar-refractivity contribution is -0.127. The predicted molar refractivity (Wildman–Crippen MR) is 81.9 cm³/mol. The second-order valence-electron chi connectivity index (χ2n) is 5.62. The monoisotopic (exact) mass is 296 g/mol. The largest absolute Gasteiger partial charge is 0.392 e. The fraction of sp³-hybridized carbons (Fsp3) is 0.667. The van der Waals surface area contributed by atoms with Crippen molar-refractivity contribution in [3.05, 3.63) is 22.4 Å². The Balaban J connectivity index is 1.74. The predicted octanol–water partition coefficient (Wildman–Crippen LogP) is 1.50. The van der Waals surface area contributed by atoms with Crippen LogP contribution in [0.5, 0.6) is 0 Å². The fourth-order valence-electron chi connectivity index (χ4n) is 2.50. The first-order valence-electron chi connectivity index (χ1n) is 7.30. The van der Waals surface area contributed by atoms with Gasteiger partial charge in [-0.05, 0) is 43.7 Å². The van der Waals surface area contributed by atoms with Crippen LogP contribution in [-0.2, 0) is 11.2 Å². The summed E-state index contributed by atoms with van der Waals surface area (Å²) >= 11 is 1.72. The van der Waals surface area contributed by atoms with Gasteiger partial charge in [-0.3, -0.25) is 9.69 Å². The number of carbonyl (C=O) groups is 1. The molecule has 3 unspecified atom stereocenters. The van der Waals surface area contributed by atoms with Crippen molar-refractivity contribution in [2.75, 3.05) is 19.6 Å². The number of carbonyl (C=O) groups excluding carboxylic acids is 1. The zero-order valence-electron chi connectivity index (χ0n) is 12.2. The summed E-state index contributed by atoms with van der Waals surface area (Å²) in [6, 6.07) is 3.95. The number of thiophene rings is 1. The maximum absolute atomic E-state index is 12.1. The molecule has 1 aromatic rings. The molecular weight excluding hydrogens is 272 g/mol. The highest BCUT2D eigenvalue weighted by atomic mass is 32.1. The Kier molecular flexibility index (Phi) is 5.57. The normalized spacial score (nSPS) is 25.4. The fourth-order valence-corrected chi connectivity index (χ4v) is 3.21. The molecule has 1 aliphatic heterocycles. The Bertz CT molecular complexity index is 422. The van der Waals surface area contributed by atoms with E-state index in [-0.39, 0.29) is 18.1 Å². The van der Waals surface area contributed by atoms with Crippen molar-refractivity contribution < 1.29 is 9.90 Å². The number of hydrogen-bond donors (Lipinski definition) is 2. The zero-order valence-corrected chi connectivity index (χ0v) is 13.0. The molecule has 0 bridgehead atoms. The molecule has 0 spiro atoms. The third kappa shape index (κ3) is 4.04. The topological polar surface area (TPSA) is 52.6 Å². The number of nitrogens with one attached hydrogen (secondary N) is 1. The van der Waals surface area contributed by atoms with Crippen LogP contribution in [0.15, 0.2) is 17.5 Å². The summed E-state index contributed by atoms with van der Waals surface area (Å²) < 4.78 is 0. The Morgan fingerprint density at radius 1 is 1.65 bits per heavy atom. The molecule has 1 aromatic heterocycles. The van der Waals surface area contributed by atoms with Gasteiger partial charge in [-0.1, -0.05) is 13.0 Å². The molecule has 3 atom stereocenters. The second kappa shape index (κ2) is 7.20. The van der Waals surface area contributed by atoms with E-state index in [9.17, 15) is 9.90 Å². The van der Waals surface area contributed by atoms with E-state index in [1.54, 1.807) is 11.3 Å². The Hall–Kier alpha value is -0.910. The molecular formula is C15H24N2O2S. The molecule has 1 saturated heterocycles. The number of β-amino-alcohol motifs (C(OH)–C–C–N with tert-alkyl or cyclic N) is 1. The van der Waals surface area contributed by atoms with Crippen molar-refractivity contribution >= 4 is 17.2 Å². The number of likely N-dealkylation sites (tertiary alicyclic amines) is 1. The molecule has 2 heterocycles. The van der Waals surface area contributed by atoms with Crippen LogP contribution < -0.4 is 5.32 Å².